The maximum Gasteiger partial charge on any atom is 0.340 e. The molecule has 0 aliphatic heterocycles. The molecule has 0 saturated heterocycles. The minimum absolute atomic E-state index is 0.286. The SMILES string of the molecule is CN(C)Cc1cc2cc(N)ccc2oc1=O. The molecule has 2 N–H and O–H groups in total. The molecule has 4 nitrogen and oxygen atoms in total. The van der Waals surface area contributed by atoms with Crippen LogP contribution in [-0.2, 0) is 6.54 Å². The fraction of sp³-hybridized carbons (Fsp3) is 0.250. The zero-order chi connectivity index (χ0) is 11.7. The van der Waals surface area contributed by atoms with Crippen LogP contribution >= 0.6 is 0 Å². The molecule has 1 aromatic heterocycles. The number of nitrogens with zero attached hydrogens (tertiary/aromatic N) is 1. The van der Waals surface area contributed by atoms with E-state index in [2.05, 4.69) is 0 Å². The lowest BCUT2D eigenvalue weighted by Gasteiger charge is -2.08. The maximum atomic E-state index is 11.6. The summed E-state index contributed by atoms with van der Waals surface area (Å²) in [6.07, 6.45) is 0. The minimum Gasteiger partial charge on any atom is -0.422 e. The standard InChI is InChI=1S/C12H14N2O2/c1-14(2)7-9-5-8-6-10(13)3-4-11(8)16-12(9)15/h3-6H,7,13H2,1-2H3. The molecule has 0 aliphatic carbocycles. The van der Waals surface area contributed by atoms with E-state index < -0.39 is 0 Å². The Labute approximate surface area is 93.3 Å². The first-order valence-electron chi connectivity index (χ1n) is 5.03. The van der Waals surface area contributed by atoms with Crippen LogP contribution in [0, 0.1) is 0 Å². The van der Waals surface area contributed by atoms with E-state index >= 15 is 0 Å². The highest BCUT2D eigenvalue weighted by molar-refractivity contribution is 5.80. The Kier molecular flexibility index (Phi) is 2.66. The van der Waals surface area contributed by atoms with Crippen LogP contribution in [0.5, 0.6) is 0 Å². The van der Waals surface area contributed by atoms with Gasteiger partial charge in [0.2, 0.25) is 0 Å². The predicted molar refractivity (Wildman–Crippen MR) is 64.3 cm³/mol. The lowest BCUT2D eigenvalue weighted by molar-refractivity contribution is 0.392. The zero-order valence-corrected chi connectivity index (χ0v) is 9.36. The van der Waals surface area contributed by atoms with Crippen LogP contribution < -0.4 is 11.4 Å². The lowest BCUT2D eigenvalue weighted by atomic mass is 10.1. The Morgan fingerprint density at radius 2 is 2.06 bits per heavy atom. The molecule has 0 amide bonds. The van der Waals surface area contributed by atoms with Crippen molar-refractivity contribution >= 4 is 16.7 Å². The summed E-state index contributed by atoms with van der Waals surface area (Å²) in [5.41, 5.74) is 7.27. The Morgan fingerprint density at radius 3 is 2.75 bits per heavy atom. The van der Waals surface area contributed by atoms with Gasteiger partial charge in [0.05, 0.1) is 5.56 Å². The molecular weight excluding hydrogens is 204 g/mol. The lowest BCUT2D eigenvalue weighted by Crippen LogP contribution is -2.17. The van der Waals surface area contributed by atoms with Crippen molar-refractivity contribution in [2.45, 2.75) is 6.54 Å². The second-order valence-electron chi connectivity index (χ2n) is 4.09. The van der Waals surface area contributed by atoms with Crippen molar-refractivity contribution in [2.75, 3.05) is 19.8 Å². The number of hydrogen-bond donors (Lipinski definition) is 1. The zero-order valence-electron chi connectivity index (χ0n) is 9.36. The van der Waals surface area contributed by atoms with Gasteiger partial charge in [0.25, 0.3) is 0 Å². The van der Waals surface area contributed by atoms with Gasteiger partial charge in [0.15, 0.2) is 0 Å². The van der Waals surface area contributed by atoms with Crippen LogP contribution in [0.15, 0.2) is 33.5 Å². The summed E-state index contributed by atoms with van der Waals surface area (Å²) < 4.78 is 5.21. The van der Waals surface area contributed by atoms with Gasteiger partial charge in [-0.15, -0.1) is 0 Å². The fourth-order valence-corrected chi connectivity index (χ4v) is 1.64. The van der Waals surface area contributed by atoms with E-state index in [1.54, 1.807) is 18.2 Å². The molecule has 2 rings (SSSR count). The van der Waals surface area contributed by atoms with Crippen LogP contribution in [0.1, 0.15) is 5.56 Å². The van der Waals surface area contributed by atoms with E-state index in [1.807, 2.05) is 25.1 Å². The summed E-state index contributed by atoms with van der Waals surface area (Å²) in [7, 11) is 3.81. The van der Waals surface area contributed by atoms with Gasteiger partial charge in [-0.1, -0.05) is 0 Å². The van der Waals surface area contributed by atoms with Gasteiger partial charge in [-0.05, 0) is 38.4 Å². The van der Waals surface area contributed by atoms with Gasteiger partial charge in [-0.25, -0.2) is 4.79 Å². The summed E-state index contributed by atoms with van der Waals surface area (Å²) >= 11 is 0. The molecule has 4 heteroatoms. The molecule has 0 fully saturated rings. The minimum atomic E-state index is -0.286. The molecule has 84 valence electrons. The van der Waals surface area contributed by atoms with Crippen molar-refractivity contribution in [1.29, 1.82) is 0 Å². The Bertz CT molecular complexity index is 573. The van der Waals surface area contributed by atoms with E-state index in [0.29, 0.717) is 23.4 Å². The molecule has 1 heterocycles. The van der Waals surface area contributed by atoms with Gasteiger partial charge < -0.3 is 15.1 Å². The van der Waals surface area contributed by atoms with Crippen molar-refractivity contribution in [3.8, 4) is 0 Å². The molecule has 0 spiro atoms. The first-order chi connectivity index (χ1) is 7.56. The molecule has 0 unspecified atom stereocenters. The van der Waals surface area contributed by atoms with E-state index in [4.69, 9.17) is 10.2 Å². The first kappa shape index (κ1) is 10.7. The molecule has 0 radical (unpaired) electrons. The van der Waals surface area contributed by atoms with Gasteiger partial charge in [0, 0.05) is 17.6 Å². The van der Waals surface area contributed by atoms with Crippen molar-refractivity contribution in [2.24, 2.45) is 0 Å². The maximum absolute atomic E-state index is 11.6. The van der Waals surface area contributed by atoms with Crippen LogP contribution in [0.25, 0.3) is 11.0 Å². The summed E-state index contributed by atoms with van der Waals surface area (Å²) in [6, 6.07) is 7.07. The fourth-order valence-electron chi connectivity index (χ4n) is 1.64. The number of hydrogen-bond acceptors (Lipinski definition) is 4. The van der Waals surface area contributed by atoms with Gasteiger partial charge in [-0.2, -0.15) is 0 Å². The Morgan fingerprint density at radius 1 is 1.31 bits per heavy atom. The topological polar surface area (TPSA) is 59.5 Å². The molecule has 1 aromatic carbocycles. The average molecular weight is 218 g/mol. The molecule has 16 heavy (non-hydrogen) atoms. The predicted octanol–water partition coefficient (Wildman–Crippen LogP) is 1.44. The smallest absolute Gasteiger partial charge is 0.340 e. The third-order valence-electron chi connectivity index (χ3n) is 2.31. The quantitative estimate of drug-likeness (QED) is 0.612. The summed E-state index contributed by atoms with van der Waals surface area (Å²) in [5.74, 6) is 0. The number of nitrogens with two attached hydrogens (primary N) is 1. The van der Waals surface area contributed by atoms with Crippen molar-refractivity contribution in [3.63, 3.8) is 0 Å². The third-order valence-corrected chi connectivity index (χ3v) is 2.31. The first-order valence-corrected chi connectivity index (χ1v) is 5.03. The molecular formula is C12H14N2O2. The summed E-state index contributed by atoms with van der Waals surface area (Å²) in [4.78, 5) is 13.6. The van der Waals surface area contributed by atoms with Crippen molar-refractivity contribution in [1.82, 2.24) is 4.90 Å². The molecule has 0 saturated carbocycles. The van der Waals surface area contributed by atoms with Crippen LogP contribution in [0.4, 0.5) is 5.69 Å². The van der Waals surface area contributed by atoms with Crippen LogP contribution in [0.3, 0.4) is 0 Å². The van der Waals surface area contributed by atoms with E-state index in [1.165, 1.54) is 0 Å². The molecule has 0 aliphatic rings. The molecule has 2 aromatic rings. The highest BCUT2D eigenvalue weighted by atomic mass is 16.4. The van der Waals surface area contributed by atoms with Crippen molar-refractivity contribution < 1.29 is 4.42 Å². The normalized spacial score (nSPS) is 11.2. The van der Waals surface area contributed by atoms with Crippen LogP contribution in [0.2, 0.25) is 0 Å². The second-order valence-corrected chi connectivity index (χ2v) is 4.09. The molecule has 0 atom stereocenters. The average Bonchev–Trinajstić information content (AvgIpc) is 2.19. The highest BCUT2D eigenvalue weighted by Gasteiger charge is 2.06. The van der Waals surface area contributed by atoms with E-state index in [-0.39, 0.29) is 5.63 Å². The Balaban J connectivity index is 2.60. The monoisotopic (exact) mass is 218 g/mol. The summed E-state index contributed by atoms with van der Waals surface area (Å²) in [6.45, 7) is 0.563. The number of nitrogen functional groups attached to an aromatic ring is 1. The number of fused-ring (bicyclic) bond motifs is 1. The van der Waals surface area contributed by atoms with Gasteiger partial charge in [-0.3, -0.25) is 0 Å². The largest absolute Gasteiger partial charge is 0.422 e. The second kappa shape index (κ2) is 3.98. The third kappa shape index (κ3) is 2.06. The van der Waals surface area contributed by atoms with Gasteiger partial charge >= 0.3 is 5.63 Å². The van der Waals surface area contributed by atoms with Crippen LogP contribution in [-0.4, -0.2) is 19.0 Å². The number of benzene rings is 1. The highest BCUT2D eigenvalue weighted by Crippen LogP contribution is 2.17. The van der Waals surface area contributed by atoms with E-state index in [9.17, 15) is 4.79 Å². The van der Waals surface area contributed by atoms with Crippen molar-refractivity contribution in [3.05, 3.63) is 40.2 Å². The summed E-state index contributed by atoms with van der Waals surface area (Å²) in [5, 5.41) is 0.858. The number of rotatable bonds is 2. The number of anilines is 1. The van der Waals surface area contributed by atoms with E-state index in [0.717, 1.165) is 5.39 Å². The molecule has 0 bridgehead atoms. The van der Waals surface area contributed by atoms with Gasteiger partial charge in [0.1, 0.15) is 5.58 Å². The Hall–Kier alpha value is -1.81.